The first-order chi connectivity index (χ1) is 9.33. The average molecular weight is 259 g/mol. The zero-order valence-corrected chi connectivity index (χ0v) is 12.0. The molecule has 4 rings (SSSR count). The van der Waals surface area contributed by atoms with Crippen molar-refractivity contribution in [2.75, 3.05) is 6.54 Å². The fourth-order valence-electron chi connectivity index (χ4n) is 4.30. The van der Waals surface area contributed by atoms with Crippen molar-refractivity contribution in [1.29, 1.82) is 0 Å². The summed E-state index contributed by atoms with van der Waals surface area (Å²) in [5.74, 6) is 3.12. The number of rotatable bonds is 2. The number of nitrogens with one attached hydrogen (secondary N) is 1. The maximum atomic E-state index is 5.06. The van der Waals surface area contributed by atoms with Gasteiger partial charge in [0.15, 0.2) is 0 Å². The van der Waals surface area contributed by atoms with E-state index in [1.54, 1.807) is 5.69 Å². The molecule has 2 fully saturated rings. The molecule has 2 heterocycles. The summed E-state index contributed by atoms with van der Waals surface area (Å²) < 4.78 is 2.69. The summed E-state index contributed by atoms with van der Waals surface area (Å²) in [6.45, 7) is 4.51. The Morgan fingerprint density at radius 1 is 1.21 bits per heavy atom. The maximum Gasteiger partial charge on any atom is 0.112 e. The summed E-state index contributed by atoms with van der Waals surface area (Å²) >= 11 is 0. The third kappa shape index (κ3) is 1.94. The highest BCUT2D eigenvalue weighted by atomic mass is 15.2. The molecule has 0 bridgehead atoms. The van der Waals surface area contributed by atoms with Gasteiger partial charge in [-0.2, -0.15) is 0 Å². The van der Waals surface area contributed by atoms with Crippen molar-refractivity contribution in [3.05, 3.63) is 17.2 Å². The molecule has 0 unspecified atom stereocenters. The summed E-state index contributed by atoms with van der Waals surface area (Å²) in [7, 11) is 0. The largest absolute Gasteiger partial charge is 0.328 e. The Hall–Kier alpha value is -0.830. The molecule has 0 saturated heterocycles. The first-order valence-corrected chi connectivity index (χ1v) is 8.13. The lowest BCUT2D eigenvalue weighted by molar-refractivity contribution is 0.205. The van der Waals surface area contributed by atoms with Crippen LogP contribution in [-0.2, 0) is 13.0 Å². The van der Waals surface area contributed by atoms with Crippen LogP contribution < -0.4 is 5.32 Å². The van der Waals surface area contributed by atoms with Gasteiger partial charge in [-0.05, 0) is 31.6 Å². The highest BCUT2D eigenvalue weighted by molar-refractivity contribution is 5.24. The third-order valence-electron chi connectivity index (χ3n) is 5.39. The van der Waals surface area contributed by atoms with Crippen LogP contribution in [-0.4, -0.2) is 16.1 Å². The van der Waals surface area contributed by atoms with Gasteiger partial charge >= 0.3 is 0 Å². The van der Waals surface area contributed by atoms with Gasteiger partial charge in [0.2, 0.25) is 0 Å². The van der Waals surface area contributed by atoms with E-state index in [-0.39, 0.29) is 0 Å². The molecule has 0 aromatic carbocycles. The van der Waals surface area contributed by atoms with E-state index in [2.05, 4.69) is 16.8 Å². The molecule has 0 amide bonds. The molecule has 1 aliphatic heterocycles. The van der Waals surface area contributed by atoms with Crippen LogP contribution in [0.4, 0.5) is 0 Å². The summed E-state index contributed by atoms with van der Waals surface area (Å²) in [4.78, 5) is 5.06. The number of fused-ring (bicyclic) bond motifs is 1. The zero-order valence-electron chi connectivity index (χ0n) is 12.0. The molecule has 0 radical (unpaired) electrons. The van der Waals surface area contributed by atoms with E-state index in [1.807, 2.05) is 0 Å². The van der Waals surface area contributed by atoms with Crippen LogP contribution in [0.5, 0.6) is 0 Å². The van der Waals surface area contributed by atoms with Crippen molar-refractivity contribution in [1.82, 2.24) is 14.9 Å². The molecule has 1 aromatic rings. The van der Waals surface area contributed by atoms with E-state index < -0.39 is 0 Å². The molecule has 3 heteroatoms. The minimum atomic E-state index is 0.751. The second kappa shape index (κ2) is 4.62. The first kappa shape index (κ1) is 12.0. The standard InChI is InChI=1S/C16H25N3/c1-11-8-13(9-11)19-15-6-7-17-10-14(15)18-16(19)12-4-2-3-5-12/h11-13,17H,2-10H2,1H3. The molecule has 2 saturated carbocycles. The van der Waals surface area contributed by atoms with E-state index in [4.69, 9.17) is 4.98 Å². The lowest BCUT2D eigenvalue weighted by atomic mass is 9.81. The molecule has 3 aliphatic rings. The molecule has 0 atom stereocenters. The third-order valence-corrected chi connectivity index (χ3v) is 5.39. The van der Waals surface area contributed by atoms with E-state index in [1.165, 1.54) is 56.5 Å². The van der Waals surface area contributed by atoms with Crippen molar-refractivity contribution in [3.8, 4) is 0 Å². The monoisotopic (exact) mass is 259 g/mol. The van der Waals surface area contributed by atoms with Crippen molar-refractivity contribution < 1.29 is 0 Å². The van der Waals surface area contributed by atoms with Gasteiger partial charge in [0, 0.05) is 37.2 Å². The van der Waals surface area contributed by atoms with E-state index in [0.717, 1.165) is 31.0 Å². The van der Waals surface area contributed by atoms with Gasteiger partial charge in [-0.1, -0.05) is 19.8 Å². The lowest BCUT2D eigenvalue weighted by Crippen LogP contribution is -2.31. The minimum absolute atomic E-state index is 0.751. The van der Waals surface area contributed by atoms with Crippen molar-refractivity contribution in [2.24, 2.45) is 5.92 Å². The Morgan fingerprint density at radius 3 is 2.74 bits per heavy atom. The van der Waals surface area contributed by atoms with Crippen LogP contribution in [0, 0.1) is 5.92 Å². The second-order valence-corrected chi connectivity index (χ2v) is 6.87. The summed E-state index contributed by atoms with van der Waals surface area (Å²) in [6.07, 6.45) is 9.46. The van der Waals surface area contributed by atoms with Gasteiger partial charge in [0.1, 0.15) is 5.82 Å². The quantitative estimate of drug-likeness (QED) is 0.884. The van der Waals surface area contributed by atoms with Gasteiger partial charge in [-0.15, -0.1) is 0 Å². The van der Waals surface area contributed by atoms with Gasteiger partial charge in [0.25, 0.3) is 0 Å². The fraction of sp³-hybridized carbons (Fsp3) is 0.812. The molecular formula is C16H25N3. The number of imidazole rings is 1. The molecule has 2 aliphatic carbocycles. The number of hydrogen-bond donors (Lipinski definition) is 1. The van der Waals surface area contributed by atoms with E-state index in [0.29, 0.717) is 0 Å². The van der Waals surface area contributed by atoms with Crippen LogP contribution in [0.25, 0.3) is 0 Å². The van der Waals surface area contributed by atoms with Crippen molar-refractivity contribution >= 4 is 0 Å². The summed E-state index contributed by atoms with van der Waals surface area (Å²) in [5, 5.41) is 3.48. The normalized spacial score (nSPS) is 31.2. The fourth-order valence-corrected chi connectivity index (χ4v) is 4.30. The van der Waals surface area contributed by atoms with Crippen LogP contribution in [0.1, 0.15) is 74.6 Å². The van der Waals surface area contributed by atoms with Crippen LogP contribution in [0.2, 0.25) is 0 Å². The Kier molecular flexibility index (Phi) is 2.91. The predicted molar refractivity (Wildman–Crippen MR) is 76.3 cm³/mol. The Balaban J connectivity index is 1.73. The molecule has 19 heavy (non-hydrogen) atoms. The molecule has 0 spiro atoms. The van der Waals surface area contributed by atoms with Crippen LogP contribution >= 0.6 is 0 Å². The number of aromatic nitrogens is 2. The van der Waals surface area contributed by atoms with Gasteiger partial charge in [0.05, 0.1) is 5.69 Å². The SMILES string of the molecule is CC1CC(n2c(C3CCCC3)nc3c2CCNC3)C1. The topological polar surface area (TPSA) is 29.9 Å². The summed E-state index contributed by atoms with van der Waals surface area (Å²) in [6, 6.07) is 0.764. The number of nitrogens with zero attached hydrogens (tertiary/aromatic N) is 2. The smallest absolute Gasteiger partial charge is 0.112 e. The first-order valence-electron chi connectivity index (χ1n) is 8.13. The minimum Gasteiger partial charge on any atom is -0.328 e. The molecule has 3 nitrogen and oxygen atoms in total. The Bertz CT molecular complexity index is 465. The summed E-state index contributed by atoms with van der Waals surface area (Å²) in [5.41, 5.74) is 2.92. The van der Waals surface area contributed by atoms with Gasteiger partial charge in [-0.25, -0.2) is 4.98 Å². The Morgan fingerprint density at radius 2 is 2.00 bits per heavy atom. The average Bonchev–Trinajstić information content (AvgIpc) is 3.02. The molecule has 104 valence electrons. The Labute approximate surface area is 115 Å². The highest BCUT2D eigenvalue weighted by Gasteiger charge is 2.34. The van der Waals surface area contributed by atoms with Gasteiger partial charge in [-0.3, -0.25) is 0 Å². The van der Waals surface area contributed by atoms with Crippen molar-refractivity contribution in [3.63, 3.8) is 0 Å². The van der Waals surface area contributed by atoms with Gasteiger partial charge < -0.3 is 9.88 Å². The number of hydrogen-bond acceptors (Lipinski definition) is 2. The molecule has 1 aromatic heterocycles. The van der Waals surface area contributed by atoms with Crippen molar-refractivity contribution in [2.45, 2.75) is 70.4 Å². The van der Waals surface area contributed by atoms with E-state index in [9.17, 15) is 0 Å². The maximum absolute atomic E-state index is 5.06. The zero-order chi connectivity index (χ0) is 12.8. The molecule has 1 N–H and O–H groups in total. The second-order valence-electron chi connectivity index (χ2n) is 6.87. The van der Waals surface area contributed by atoms with Crippen LogP contribution in [0.15, 0.2) is 0 Å². The van der Waals surface area contributed by atoms with Crippen LogP contribution in [0.3, 0.4) is 0 Å². The van der Waals surface area contributed by atoms with E-state index >= 15 is 0 Å². The lowest BCUT2D eigenvalue weighted by Gasteiger charge is -2.37. The predicted octanol–water partition coefficient (Wildman–Crippen LogP) is 3.16. The molecular weight excluding hydrogens is 234 g/mol. The highest BCUT2D eigenvalue weighted by Crippen LogP contribution is 2.43.